The second-order valence-corrected chi connectivity index (χ2v) is 10.4. The van der Waals surface area contributed by atoms with Gasteiger partial charge in [-0.15, -0.1) is 0 Å². The van der Waals surface area contributed by atoms with Gasteiger partial charge in [0.15, 0.2) is 0 Å². The third-order valence-electron chi connectivity index (χ3n) is 6.88. The second kappa shape index (κ2) is 7.83. The van der Waals surface area contributed by atoms with Gasteiger partial charge in [-0.25, -0.2) is 4.90 Å². The topological polar surface area (TPSA) is 80.8 Å². The number of ether oxygens (including phenoxy) is 1. The van der Waals surface area contributed by atoms with E-state index in [1.165, 1.54) is 30.3 Å². The molecule has 6 rings (SSSR count). The summed E-state index contributed by atoms with van der Waals surface area (Å²) in [5.41, 5.74) is -0.969. The molecule has 2 heterocycles. The van der Waals surface area contributed by atoms with E-state index in [0.717, 1.165) is 9.37 Å². The number of benzene rings is 3. The number of nitrogens with zero attached hydrogens (tertiary/aromatic N) is 1. The van der Waals surface area contributed by atoms with Gasteiger partial charge in [-0.3, -0.25) is 19.2 Å². The molecule has 3 aromatic carbocycles. The Balaban J connectivity index is 1.54. The average molecular weight is 571 g/mol. The van der Waals surface area contributed by atoms with Gasteiger partial charge >= 0.3 is 0 Å². The summed E-state index contributed by atoms with van der Waals surface area (Å²) in [6, 6.07) is 17.8. The standard InChI is InChI=1S/C26H14BrCl2NO5/c27-13-7-5-12(6-8-13)21-19-20(25(34)30(24(19)33)14-9-10-17(28)18(29)11-14)26(35-21)22(31)15-3-1-2-4-16(15)23(26)32/h1-11,19-21H/t19-,20+,21-/m0/s1. The van der Waals surface area contributed by atoms with Gasteiger partial charge in [-0.2, -0.15) is 0 Å². The van der Waals surface area contributed by atoms with Crippen molar-refractivity contribution in [3.05, 3.63) is 97.9 Å². The van der Waals surface area contributed by atoms with E-state index in [4.69, 9.17) is 27.9 Å². The number of fused-ring (bicyclic) bond motifs is 3. The van der Waals surface area contributed by atoms with E-state index in [2.05, 4.69) is 15.9 Å². The Morgan fingerprint density at radius 2 is 1.43 bits per heavy atom. The predicted octanol–water partition coefficient (Wildman–Crippen LogP) is 5.45. The first kappa shape index (κ1) is 22.6. The van der Waals surface area contributed by atoms with E-state index in [1.54, 1.807) is 36.4 Å². The largest absolute Gasteiger partial charge is 0.349 e. The number of carbonyl (C=O) groups excluding carboxylic acids is 4. The number of Topliss-reactive ketones (excluding diaryl/α,β-unsaturated/α-hetero) is 2. The van der Waals surface area contributed by atoms with Gasteiger partial charge in [0.1, 0.15) is 0 Å². The summed E-state index contributed by atoms with van der Waals surface area (Å²) in [6.07, 6.45) is -0.987. The Labute approximate surface area is 217 Å². The predicted molar refractivity (Wildman–Crippen MR) is 132 cm³/mol. The number of rotatable bonds is 2. The molecule has 0 aromatic heterocycles. The first-order valence-electron chi connectivity index (χ1n) is 10.7. The molecule has 6 nitrogen and oxygen atoms in total. The molecule has 2 aliphatic heterocycles. The molecule has 2 amide bonds. The van der Waals surface area contributed by atoms with E-state index in [0.29, 0.717) is 5.56 Å². The van der Waals surface area contributed by atoms with Crippen molar-refractivity contribution in [2.75, 3.05) is 4.90 Å². The monoisotopic (exact) mass is 569 g/mol. The molecule has 174 valence electrons. The summed E-state index contributed by atoms with van der Waals surface area (Å²) in [5, 5.41) is 0.427. The Kier molecular flexibility index (Phi) is 5.06. The normalized spacial score (nSPS) is 24.4. The third-order valence-corrected chi connectivity index (χ3v) is 8.15. The minimum atomic E-state index is -2.12. The van der Waals surface area contributed by atoms with Crippen LogP contribution in [0, 0.1) is 11.8 Å². The number of anilines is 1. The summed E-state index contributed by atoms with van der Waals surface area (Å²) in [6.45, 7) is 0. The van der Waals surface area contributed by atoms with Crippen molar-refractivity contribution in [2.24, 2.45) is 11.8 Å². The third kappa shape index (κ3) is 2.99. The van der Waals surface area contributed by atoms with Crippen LogP contribution >= 0.6 is 39.1 Å². The zero-order valence-electron chi connectivity index (χ0n) is 17.7. The quantitative estimate of drug-likeness (QED) is 0.302. The highest BCUT2D eigenvalue weighted by atomic mass is 79.9. The van der Waals surface area contributed by atoms with E-state index < -0.39 is 46.9 Å². The maximum atomic E-state index is 13.9. The number of ketones is 2. The molecule has 3 aliphatic rings. The van der Waals surface area contributed by atoms with E-state index >= 15 is 0 Å². The number of carbonyl (C=O) groups is 4. The Bertz CT molecular complexity index is 1440. The van der Waals surface area contributed by atoms with Crippen LogP contribution in [0.3, 0.4) is 0 Å². The molecule has 35 heavy (non-hydrogen) atoms. The van der Waals surface area contributed by atoms with E-state index in [1.807, 2.05) is 0 Å². The van der Waals surface area contributed by atoms with Crippen molar-refractivity contribution in [3.63, 3.8) is 0 Å². The summed E-state index contributed by atoms with van der Waals surface area (Å²) in [7, 11) is 0. The van der Waals surface area contributed by atoms with Crippen molar-refractivity contribution in [1.29, 1.82) is 0 Å². The van der Waals surface area contributed by atoms with Gasteiger partial charge in [0, 0.05) is 15.6 Å². The molecule has 0 unspecified atom stereocenters. The fourth-order valence-corrected chi connectivity index (χ4v) is 5.91. The summed E-state index contributed by atoms with van der Waals surface area (Å²) >= 11 is 15.6. The first-order valence-corrected chi connectivity index (χ1v) is 12.3. The van der Waals surface area contributed by atoms with Gasteiger partial charge in [-0.1, -0.05) is 75.5 Å². The van der Waals surface area contributed by atoms with Crippen molar-refractivity contribution >= 4 is 68.2 Å². The molecular formula is C26H14BrCl2NO5. The van der Waals surface area contributed by atoms with Gasteiger partial charge in [-0.05, 0) is 35.9 Å². The lowest BCUT2D eigenvalue weighted by Gasteiger charge is -2.27. The number of imide groups is 1. The van der Waals surface area contributed by atoms with Crippen LogP contribution in [-0.4, -0.2) is 29.0 Å². The maximum absolute atomic E-state index is 13.9. The molecule has 0 bridgehead atoms. The molecule has 1 aliphatic carbocycles. The number of halogens is 3. The molecule has 1 spiro atoms. The lowest BCUT2D eigenvalue weighted by Crippen LogP contribution is -2.51. The zero-order chi connectivity index (χ0) is 24.6. The maximum Gasteiger partial charge on any atom is 0.241 e. The van der Waals surface area contributed by atoms with Crippen molar-refractivity contribution in [3.8, 4) is 0 Å². The molecule has 2 saturated heterocycles. The lowest BCUT2D eigenvalue weighted by molar-refractivity contribution is -0.127. The minimum Gasteiger partial charge on any atom is -0.349 e. The fourth-order valence-electron chi connectivity index (χ4n) is 5.35. The number of hydrogen-bond acceptors (Lipinski definition) is 5. The van der Waals surface area contributed by atoms with Crippen LogP contribution in [0.15, 0.2) is 71.2 Å². The number of amides is 2. The Morgan fingerprint density at radius 3 is 2.03 bits per heavy atom. The lowest BCUT2D eigenvalue weighted by atomic mass is 9.77. The van der Waals surface area contributed by atoms with Crippen LogP contribution in [0.4, 0.5) is 5.69 Å². The van der Waals surface area contributed by atoms with Crippen LogP contribution in [0.25, 0.3) is 0 Å². The molecule has 3 aromatic rings. The summed E-state index contributed by atoms with van der Waals surface area (Å²) in [5.74, 6) is -4.88. The first-order chi connectivity index (χ1) is 16.8. The summed E-state index contributed by atoms with van der Waals surface area (Å²) < 4.78 is 7.05. The van der Waals surface area contributed by atoms with Gasteiger partial charge in [0.25, 0.3) is 0 Å². The van der Waals surface area contributed by atoms with Crippen molar-refractivity contribution in [2.45, 2.75) is 11.7 Å². The second-order valence-electron chi connectivity index (χ2n) is 8.64. The molecular weight excluding hydrogens is 557 g/mol. The highest BCUT2D eigenvalue weighted by Crippen LogP contribution is 2.57. The van der Waals surface area contributed by atoms with Gasteiger partial charge in [0.05, 0.1) is 33.7 Å². The molecule has 0 saturated carbocycles. The molecule has 3 atom stereocenters. The van der Waals surface area contributed by atoms with Crippen LogP contribution in [0.2, 0.25) is 10.0 Å². The van der Waals surface area contributed by atoms with E-state index in [9.17, 15) is 19.2 Å². The summed E-state index contributed by atoms with van der Waals surface area (Å²) in [4.78, 5) is 56.1. The van der Waals surface area contributed by atoms with Gasteiger partial charge in [0.2, 0.25) is 29.0 Å². The minimum absolute atomic E-state index is 0.165. The molecule has 0 radical (unpaired) electrons. The molecule has 2 fully saturated rings. The molecule has 0 N–H and O–H groups in total. The smallest absolute Gasteiger partial charge is 0.241 e. The van der Waals surface area contributed by atoms with Crippen molar-refractivity contribution < 1.29 is 23.9 Å². The van der Waals surface area contributed by atoms with Gasteiger partial charge < -0.3 is 4.74 Å². The Hall–Kier alpha value is -2.84. The molecule has 9 heteroatoms. The zero-order valence-corrected chi connectivity index (χ0v) is 20.8. The van der Waals surface area contributed by atoms with Crippen LogP contribution < -0.4 is 4.90 Å². The average Bonchev–Trinajstić information content (AvgIpc) is 3.41. The van der Waals surface area contributed by atoms with E-state index in [-0.39, 0.29) is 26.9 Å². The SMILES string of the molecule is O=C1[C@@H]2[C@H](c3ccc(Br)cc3)OC3(C(=O)c4ccccc4C3=O)[C@H]2C(=O)N1c1ccc(Cl)c(Cl)c1. The fraction of sp³-hybridized carbons (Fsp3) is 0.154. The van der Waals surface area contributed by atoms with Crippen LogP contribution in [0.5, 0.6) is 0 Å². The number of hydrogen-bond donors (Lipinski definition) is 0. The van der Waals surface area contributed by atoms with Crippen molar-refractivity contribution in [1.82, 2.24) is 0 Å². The Morgan fingerprint density at radius 1 is 0.800 bits per heavy atom. The highest BCUT2D eigenvalue weighted by Gasteiger charge is 2.74. The van der Waals surface area contributed by atoms with Crippen LogP contribution in [-0.2, 0) is 14.3 Å². The van der Waals surface area contributed by atoms with Crippen LogP contribution in [0.1, 0.15) is 32.4 Å². The highest BCUT2D eigenvalue weighted by molar-refractivity contribution is 9.10.